The lowest BCUT2D eigenvalue weighted by Gasteiger charge is -2.31. The topological polar surface area (TPSA) is 52.6 Å². The second-order valence-electron chi connectivity index (χ2n) is 3.81. The molecular formula is C10H20N2O2. The van der Waals surface area contributed by atoms with E-state index in [1.54, 1.807) is 6.92 Å². The normalized spacial score (nSPS) is 18.6. The zero-order chi connectivity index (χ0) is 10.4. The molecule has 0 atom stereocenters. The summed E-state index contributed by atoms with van der Waals surface area (Å²) in [4.78, 5) is 12.9. The molecule has 1 rings (SSSR count). The molecule has 4 nitrogen and oxygen atoms in total. The zero-order valence-electron chi connectivity index (χ0n) is 8.83. The van der Waals surface area contributed by atoms with Gasteiger partial charge in [0.05, 0.1) is 0 Å². The van der Waals surface area contributed by atoms with Crippen LogP contribution in [0.4, 0.5) is 0 Å². The summed E-state index contributed by atoms with van der Waals surface area (Å²) >= 11 is 0. The molecule has 82 valence electrons. The van der Waals surface area contributed by atoms with Gasteiger partial charge in [-0.15, -0.1) is 0 Å². The molecule has 1 aliphatic heterocycles. The van der Waals surface area contributed by atoms with Gasteiger partial charge in [0.2, 0.25) is 5.91 Å². The number of rotatable bonds is 4. The summed E-state index contributed by atoms with van der Waals surface area (Å²) in [7, 11) is 0. The Morgan fingerprint density at radius 1 is 1.50 bits per heavy atom. The quantitative estimate of drug-likeness (QED) is 0.627. The summed E-state index contributed by atoms with van der Waals surface area (Å²) < 4.78 is 0. The number of nitrogens with one attached hydrogen (secondary N) is 1. The highest BCUT2D eigenvalue weighted by Gasteiger charge is 2.19. The number of nitrogens with zero attached hydrogens (tertiary/aromatic N) is 1. The van der Waals surface area contributed by atoms with Crippen LogP contribution in [0.1, 0.15) is 26.2 Å². The lowest BCUT2D eigenvalue weighted by molar-refractivity contribution is -0.129. The summed E-state index contributed by atoms with van der Waals surface area (Å²) in [6.07, 6.45) is 2.88. The monoisotopic (exact) mass is 200 g/mol. The number of hydrogen-bond acceptors (Lipinski definition) is 3. The standard InChI is InChI=1S/C10H20N2O2/c1-9(14)12-6-3-10(4-7-12)11-5-2-8-13/h10-11,13H,2-8H2,1H3. The van der Waals surface area contributed by atoms with E-state index in [-0.39, 0.29) is 12.5 Å². The van der Waals surface area contributed by atoms with E-state index < -0.39 is 0 Å². The molecule has 14 heavy (non-hydrogen) atoms. The molecule has 1 amide bonds. The Kier molecular flexibility index (Phi) is 4.90. The largest absolute Gasteiger partial charge is 0.396 e. The van der Waals surface area contributed by atoms with E-state index in [2.05, 4.69) is 5.32 Å². The van der Waals surface area contributed by atoms with Crippen LogP contribution < -0.4 is 5.32 Å². The Balaban J connectivity index is 2.12. The third-order valence-corrected chi connectivity index (χ3v) is 2.71. The Hall–Kier alpha value is -0.610. The Morgan fingerprint density at radius 3 is 2.64 bits per heavy atom. The zero-order valence-corrected chi connectivity index (χ0v) is 8.83. The number of aliphatic hydroxyl groups is 1. The summed E-state index contributed by atoms with van der Waals surface area (Å²) in [6, 6.07) is 0.525. The molecule has 1 fully saturated rings. The van der Waals surface area contributed by atoms with Gasteiger partial charge < -0.3 is 15.3 Å². The van der Waals surface area contributed by atoms with Crippen LogP contribution in [0.15, 0.2) is 0 Å². The number of aliphatic hydroxyl groups excluding tert-OH is 1. The molecule has 0 radical (unpaired) electrons. The van der Waals surface area contributed by atoms with Crippen LogP contribution in [-0.2, 0) is 4.79 Å². The van der Waals surface area contributed by atoms with Crippen LogP contribution in [0.25, 0.3) is 0 Å². The van der Waals surface area contributed by atoms with Gasteiger partial charge in [0.15, 0.2) is 0 Å². The summed E-state index contributed by atoms with van der Waals surface area (Å²) in [5.74, 6) is 0.179. The van der Waals surface area contributed by atoms with Gasteiger partial charge in [-0.3, -0.25) is 4.79 Å². The Bertz CT molecular complexity index is 177. The third kappa shape index (κ3) is 3.64. The number of amides is 1. The van der Waals surface area contributed by atoms with Gasteiger partial charge in [0, 0.05) is 32.7 Å². The van der Waals surface area contributed by atoms with Gasteiger partial charge in [-0.05, 0) is 25.8 Å². The number of piperidine rings is 1. The molecule has 1 saturated heterocycles. The van der Waals surface area contributed by atoms with Crippen LogP contribution in [0, 0.1) is 0 Å². The van der Waals surface area contributed by atoms with Crippen LogP contribution in [-0.4, -0.2) is 48.2 Å². The third-order valence-electron chi connectivity index (χ3n) is 2.71. The summed E-state index contributed by atoms with van der Waals surface area (Å²) in [6.45, 7) is 4.48. The van der Waals surface area contributed by atoms with Gasteiger partial charge in [-0.2, -0.15) is 0 Å². The first-order valence-electron chi connectivity index (χ1n) is 5.34. The predicted octanol–water partition coefficient (Wildman–Crippen LogP) is -0.0307. The number of hydrogen-bond donors (Lipinski definition) is 2. The molecule has 1 aliphatic rings. The second kappa shape index (κ2) is 5.98. The van der Waals surface area contributed by atoms with Crippen molar-refractivity contribution >= 4 is 5.91 Å². The predicted molar refractivity (Wildman–Crippen MR) is 55.0 cm³/mol. The van der Waals surface area contributed by atoms with E-state index in [0.717, 1.165) is 38.9 Å². The first kappa shape index (κ1) is 11.5. The van der Waals surface area contributed by atoms with E-state index >= 15 is 0 Å². The fourth-order valence-electron chi connectivity index (χ4n) is 1.78. The first-order valence-corrected chi connectivity index (χ1v) is 5.34. The molecular weight excluding hydrogens is 180 g/mol. The van der Waals surface area contributed by atoms with Crippen LogP contribution in [0.5, 0.6) is 0 Å². The summed E-state index contributed by atoms with van der Waals surface area (Å²) in [5, 5.41) is 12.0. The molecule has 2 N–H and O–H groups in total. The fraction of sp³-hybridized carbons (Fsp3) is 0.900. The molecule has 0 spiro atoms. The van der Waals surface area contributed by atoms with Crippen LogP contribution in [0.2, 0.25) is 0 Å². The molecule has 0 aromatic rings. The maximum atomic E-state index is 11.0. The van der Waals surface area contributed by atoms with E-state index in [9.17, 15) is 4.79 Å². The second-order valence-corrected chi connectivity index (χ2v) is 3.81. The minimum atomic E-state index is 0.179. The molecule has 0 aromatic heterocycles. The Labute approximate surface area is 85.3 Å². The molecule has 4 heteroatoms. The Morgan fingerprint density at radius 2 is 2.14 bits per heavy atom. The average Bonchev–Trinajstić information content (AvgIpc) is 2.19. The van der Waals surface area contributed by atoms with E-state index in [0.29, 0.717) is 6.04 Å². The van der Waals surface area contributed by atoms with Crippen molar-refractivity contribution in [3.63, 3.8) is 0 Å². The lowest BCUT2D eigenvalue weighted by Crippen LogP contribution is -2.44. The average molecular weight is 200 g/mol. The van der Waals surface area contributed by atoms with Crippen molar-refractivity contribution in [3.05, 3.63) is 0 Å². The van der Waals surface area contributed by atoms with E-state index in [1.165, 1.54) is 0 Å². The van der Waals surface area contributed by atoms with Gasteiger partial charge in [-0.1, -0.05) is 0 Å². The lowest BCUT2D eigenvalue weighted by atomic mass is 10.1. The van der Waals surface area contributed by atoms with Crippen molar-refractivity contribution in [1.82, 2.24) is 10.2 Å². The highest BCUT2D eigenvalue weighted by atomic mass is 16.3. The number of carbonyl (C=O) groups excluding carboxylic acids is 1. The fourth-order valence-corrected chi connectivity index (χ4v) is 1.78. The summed E-state index contributed by atoms with van der Waals surface area (Å²) in [5.41, 5.74) is 0. The van der Waals surface area contributed by atoms with Crippen molar-refractivity contribution in [2.75, 3.05) is 26.2 Å². The molecule has 0 unspecified atom stereocenters. The van der Waals surface area contributed by atoms with Crippen molar-refractivity contribution in [1.29, 1.82) is 0 Å². The van der Waals surface area contributed by atoms with Crippen molar-refractivity contribution in [3.8, 4) is 0 Å². The molecule has 0 aliphatic carbocycles. The van der Waals surface area contributed by atoms with Crippen molar-refractivity contribution < 1.29 is 9.90 Å². The van der Waals surface area contributed by atoms with Gasteiger partial charge in [-0.25, -0.2) is 0 Å². The van der Waals surface area contributed by atoms with E-state index in [1.807, 2.05) is 4.90 Å². The van der Waals surface area contributed by atoms with Gasteiger partial charge in [0.1, 0.15) is 0 Å². The van der Waals surface area contributed by atoms with Gasteiger partial charge in [0.25, 0.3) is 0 Å². The van der Waals surface area contributed by atoms with E-state index in [4.69, 9.17) is 5.11 Å². The van der Waals surface area contributed by atoms with Crippen molar-refractivity contribution in [2.45, 2.75) is 32.2 Å². The molecule has 0 aromatic carbocycles. The molecule has 0 saturated carbocycles. The van der Waals surface area contributed by atoms with Gasteiger partial charge >= 0.3 is 0 Å². The number of likely N-dealkylation sites (tertiary alicyclic amines) is 1. The first-order chi connectivity index (χ1) is 6.74. The maximum Gasteiger partial charge on any atom is 0.219 e. The maximum absolute atomic E-state index is 11.0. The molecule has 0 bridgehead atoms. The SMILES string of the molecule is CC(=O)N1CCC(NCCCO)CC1. The van der Waals surface area contributed by atoms with Crippen LogP contribution in [0.3, 0.4) is 0 Å². The van der Waals surface area contributed by atoms with Crippen molar-refractivity contribution in [2.24, 2.45) is 0 Å². The highest BCUT2D eigenvalue weighted by molar-refractivity contribution is 5.73. The highest BCUT2D eigenvalue weighted by Crippen LogP contribution is 2.09. The molecule has 1 heterocycles. The minimum absolute atomic E-state index is 0.179. The van der Waals surface area contributed by atoms with Crippen LogP contribution >= 0.6 is 0 Å². The minimum Gasteiger partial charge on any atom is -0.396 e. The smallest absolute Gasteiger partial charge is 0.219 e. The number of carbonyl (C=O) groups is 1.